The van der Waals surface area contributed by atoms with E-state index in [9.17, 15) is 4.79 Å². The molecule has 0 saturated carbocycles. The van der Waals surface area contributed by atoms with Crippen LogP contribution in [-0.2, 0) is 5.66 Å². The Morgan fingerprint density at radius 3 is 2.33 bits per heavy atom. The second-order valence-corrected chi connectivity index (χ2v) is 4.62. The minimum absolute atomic E-state index is 0.0456. The molecule has 0 spiro atoms. The van der Waals surface area contributed by atoms with Crippen LogP contribution in [0.1, 0.15) is 22.8 Å². The highest BCUT2D eigenvalue weighted by Gasteiger charge is 2.34. The van der Waals surface area contributed by atoms with E-state index in [1.807, 2.05) is 61.5 Å². The number of amides is 1. The summed E-state index contributed by atoms with van der Waals surface area (Å²) in [7, 11) is 0. The number of carbonyl (C=O) groups is 1. The zero-order valence-corrected chi connectivity index (χ0v) is 10.1. The second-order valence-electron chi connectivity index (χ2n) is 4.62. The summed E-state index contributed by atoms with van der Waals surface area (Å²) in [6.45, 7) is 1.97. The molecule has 1 heterocycles. The van der Waals surface area contributed by atoms with Crippen LogP contribution in [0.15, 0.2) is 54.6 Å². The Morgan fingerprint density at radius 1 is 0.889 bits per heavy atom. The van der Waals surface area contributed by atoms with Gasteiger partial charge < -0.3 is 10.6 Å². The van der Waals surface area contributed by atoms with Crippen molar-refractivity contribution in [3.05, 3.63) is 65.7 Å². The van der Waals surface area contributed by atoms with E-state index in [0.717, 1.165) is 11.3 Å². The van der Waals surface area contributed by atoms with Gasteiger partial charge >= 0.3 is 0 Å². The molecule has 2 aromatic carbocycles. The van der Waals surface area contributed by atoms with Crippen molar-refractivity contribution in [2.24, 2.45) is 0 Å². The summed E-state index contributed by atoms with van der Waals surface area (Å²) in [5, 5.41) is 6.40. The molecule has 0 unspecified atom stereocenters. The highest BCUT2D eigenvalue weighted by atomic mass is 16.2. The Kier molecular flexibility index (Phi) is 2.33. The third-order valence-corrected chi connectivity index (χ3v) is 3.27. The summed E-state index contributed by atoms with van der Waals surface area (Å²) in [6.07, 6.45) is 0. The van der Waals surface area contributed by atoms with Gasteiger partial charge in [-0.2, -0.15) is 0 Å². The van der Waals surface area contributed by atoms with Crippen LogP contribution in [-0.4, -0.2) is 5.91 Å². The van der Waals surface area contributed by atoms with Gasteiger partial charge in [0.05, 0.1) is 5.56 Å². The Morgan fingerprint density at radius 2 is 1.56 bits per heavy atom. The van der Waals surface area contributed by atoms with Crippen molar-refractivity contribution in [3.8, 4) is 0 Å². The third-order valence-electron chi connectivity index (χ3n) is 3.27. The normalized spacial score (nSPS) is 21.7. The maximum Gasteiger partial charge on any atom is 0.255 e. The summed E-state index contributed by atoms with van der Waals surface area (Å²) in [5.41, 5.74) is 2.03. The summed E-state index contributed by atoms with van der Waals surface area (Å²) in [5.74, 6) is -0.0456. The maximum absolute atomic E-state index is 12.1. The Labute approximate surface area is 106 Å². The van der Waals surface area contributed by atoms with Crippen molar-refractivity contribution < 1.29 is 4.79 Å². The first-order valence-corrected chi connectivity index (χ1v) is 5.94. The molecule has 1 aliphatic heterocycles. The Balaban J connectivity index is 2.06. The highest BCUT2D eigenvalue weighted by molar-refractivity contribution is 6.02. The zero-order valence-electron chi connectivity index (χ0n) is 10.1. The first kappa shape index (κ1) is 10.8. The van der Waals surface area contributed by atoms with Crippen LogP contribution in [0.5, 0.6) is 0 Å². The average molecular weight is 238 g/mol. The van der Waals surface area contributed by atoms with Crippen molar-refractivity contribution in [2.45, 2.75) is 12.6 Å². The van der Waals surface area contributed by atoms with Crippen LogP contribution in [0, 0.1) is 0 Å². The van der Waals surface area contributed by atoms with E-state index in [1.165, 1.54) is 0 Å². The minimum Gasteiger partial charge on any atom is -0.359 e. The highest BCUT2D eigenvalue weighted by Crippen LogP contribution is 2.30. The first-order chi connectivity index (χ1) is 8.69. The van der Waals surface area contributed by atoms with Crippen LogP contribution >= 0.6 is 0 Å². The van der Waals surface area contributed by atoms with Gasteiger partial charge in [-0.05, 0) is 24.6 Å². The molecule has 0 radical (unpaired) electrons. The van der Waals surface area contributed by atoms with E-state index >= 15 is 0 Å². The number of rotatable bonds is 1. The van der Waals surface area contributed by atoms with Crippen LogP contribution in [0.25, 0.3) is 0 Å². The molecule has 0 aliphatic carbocycles. The molecule has 1 aliphatic rings. The maximum atomic E-state index is 12.1. The van der Waals surface area contributed by atoms with Gasteiger partial charge in [-0.15, -0.1) is 0 Å². The number of nitrogens with one attached hydrogen (secondary N) is 2. The summed E-state index contributed by atoms with van der Waals surface area (Å²) >= 11 is 0. The Bertz CT molecular complexity index is 594. The molecule has 1 amide bonds. The van der Waals surface area contributed by atoms with Crippen molar-refractivity contribution >= 4 is 11.6 Å². The van der Waals surface area contributed by atoms with E-state index in [0.29, 0.717) is 5.56 Å². The molecule has 0 aromatic heterocycles. The van der Waals surface area contributed by atoms with E-state index < -0.39 is 5.66 Å². The molecule has 1 atom stereocenters. The predicted molar refractivity (Wildman–Crippen MR) is 71.3 cm³/mol. The number of hydrogen-bond donors (Lipinski definition) is 2. The van der Waals surface area contributed by atoms with Gasteiger partial charge in [-0.1, -0.05) is 42.5 Å². The zero-order chi connectivity index (χ0) is 12.6. The van der Waals surface area contributed by atoms with Gasteiger partial charge in [0, 0.05) is 5.69 Å². The van der Waals surface area contributed by atoms with Crippen LogP contribution in [0.3, 0.4) is 0 Å². The lowest BCUT2D eigenvalue weighted by molar-refractivity contribution is 0.0906. The van der Waals surface area contributed by atoms with Crippen LogP contribution in [0.4, 0.5) is 5.69 Å². The van der Waals surface area contributed by atoms with Crippen molar-refractivity contribution in [1.82, 2.24) is 5.32 Å². The average Bonchev–Trinajstić information content (AvgIpc) is 2.40. The fraction of sp³-hybridized carbons (Fsp3) is 0.133. The quantitative estimate of drug-likeness (QED) is 0.802. The third kappa shape index (κ3) is 1.64. The fourth-order valence-corrected chi connectivity index (χ4v) is 2.30. The van der Waals surface area contributed by atoms with Crippen molar-refractivity contribution in [3.63, 3.8) is 0 Å². The fourth-order valence-electron chi connectivity index (χ4n) is 2.30. The molecule has 0 saturated heterocycles. The number of carbonyl (C=O) groups excluding carboxylic acids is 1. The molecule has 18 heavy (non-hydrogen) atoms. The minimum atomic E-state index is -0.563. The number of para-hydroxylation sites is 1. The van der Waals surface area contributed by atoms with E-state index in [4.69, 9.17) is 0 Å². The van der Waals surface area contributed by atoms with Gasteiger partial charge in [-0.25, -0.2) is 0 Å². The van der Waals surface area contributed by atoms with Crippen LogP contribution in [0.2, 0.25) is 0 Å². The molecular weight excluding hydrogens is 224 g/mol. The lowest BCUT2D eigenvalue weighted by Gasteiger charge is -2.38. The van der Waals surface area contributed by atoms with Crippen molar-refractivity contribution in [2.75, 3.05) is 5.32 Å². The van der Waals surface area contributed by atoms with Gasteiger partial charge in [-0.3, -0.25) is 4.79 Å². The summed E-state index contributed by atoms with van der Waals surface area (Å²) in [4.78, 5) is 12.1. The first-order valence-electron chi connectivity index (χ1n) is 5.94. The molecule has 0 fully saturated rings. The molecule has 2 N–H and O–H groups in total. The smallest absolute Gasteiger partial charge is 0.255 e. The van der Waals surface area contributed by atoms with Crippen molar-refractivity contribution in [1.29, 1.82) is 0 Å². The molecule has 90 valence electrons. The molecule has 0 bridgehead atoms. The van der Waals surface area contributed by atoms with Gasteiger partial charge in [0.25, 0.3) is 5.91 Å². The van der Waals surface area contributed by atoms with E-state index in [2.05, 4.69) is 10.6 Å². The number of benzene rings is 2. The Hall–Kier alpha value is -2.29. The van der Waals surface area contributed by atoms with E-state index in [-0.39, 0.29) is 5.91 Å². The van der Waals surface area contributed by atoms with Crippen LogP contribution < -0.4 is 10.6 Å². The molecule has 3 nitrogen and oxygen atoms in total. The topological polar surface area (TPSA) is 41.1 Å². The number of anilines is 1. The lowest BCUT2D eigenvalue weighted by atomic mass is 9.96. The van der Waals surface area contributed by atoms with E-state index in [1.54, 1.807) is 0 Å². The van der Waals surface area contributed by atoms with Gasteiger partial charge in [0.1, 0.15) is 5.66 Å². The molecule has 3 rings (SSSR count). The summed E-state index contributed by atoms with van der Waals surface area (Å²) < 4.78 is 0. The number of fused-ring (bicyclic) bond motifs is 1. The molecule has 3 heteroatoms. The van der Waals surface area contributed by atoms with Gasteiger partial charge in [0.2, 0.25) is 0 Å². The lowest BCUT2D eigenvalue weighted by Crippen LogP contribution is -2.52. The van der Waals surface area contributed by atoms with Gasteiger partial charge in [0.15, 0.2) is 0 Å². The standard InChI is InChI=1S/C15H14N2O/c1-15(11-7-3-2-4-8-11)16-13-10-6-5-9-12(13)14(18)17-15/h2-10,16H,1H3,(H,17,18)/t15-/m0/s1. The predicted octanol–water partition coefficient (Wildman–Crippen LogP) is 2.71. The molecule has 2 aromatic rings. The SMILES string of the molecule is C[C@@]1(c2ccccc2)NC(=O)c2ccccc2N1. The summed E-state index contributed by atoms with van der Waals surface area (Å²) in [6, 6.07) is 17.4. The largest absolute Gasteiger partial charge is 0.359 e. The molecular formula is C15H14N2O. The second kappa shape index (κ2) is 3.88. The monoisotopic (exact) mass is 238 g/mol. The number of hydrogen-bond acceptors (Lipinski definition) is 2.